The van der Waals surface area contributed by atoms with Gasteiger partial charge in [-0.2, -0.15) is 0 Å². The molecule has 0 saturated carbocycles. The van der Waals surface area contributed by atoms with Crippen molar-refractivity contribution in [3.8, 4) is 0 Å². The fraction of sp³-hybridized carbons (Fsp3) is 0.538. The molecular weight excluding hydrogens is 244 g/mol. The largest absolute Gasteiger partial charge is 0.367 e. The third-order valence-electron chi connectivity index (χ3n) is 3.43. The third-order valence-corrected chi connectivity index (χ3v) is 4.52. The van der Waals surface area contributed by atoms with Gasteiger partial charge in [0.2, 0.25) is 0 Å². The lowest BCUT2D eigenvalue weighted by molar-refractivity contribution is 0.210. The van der Waals surface area contributed by atoms with Crippen LogP contribution in [-0.4, -0.2) is 41.0 Å². The molecule has 0 fully saturated rings. The smallest absolute Gasteiger partial charge is 0.147 e. The van der Waals surface area contributed by atoms with Gasteiger partial charge in [0.25, 0.3) is 0 Å². The molecule has 0 aliphatic carbocycles. The van der Waals surface area contributed by atoms with Crippen LogP contribution in [0, 0.1) is 6.92 Å². The monoisotopic (exact) mass is 264 g/mol. The predicted octanol–water partition coefficient (Wildman–Crippen LogP) is 2.75. The van der Waals surface area contributed by atoms with E-state index in [0.717, 1.165) is 22.6 Å². The van der Waals surface area contributed by atoms with E-state index in [-0.39, 0.29) is 5.54 Å². The van der Waals surface area contributed by atoms with Crippen LogP contribution in [0.5, 0.6) is 0 Å². The standard InChI is InChI=1S/C13H20N4S/c1-9-6-18-11-10(9)15-8-16-12(11)14-7-13(2,3)17(4)5/h6,8H,7H2,1-5H3,(H,14,15,16). The second kappa shape index (κ2) is 4.82. The quantitative estimate of drug-likeness (QED) is 0.922. The topological polar surface area (TPSA) is 41.0 Å². The Balaban J connectivity index is 2.23. The van der Waals surface area contributed by atoms with Crippen LogP contribution < -0.4 is 5.32 Å². The predicted molar refractivity (Wildman–Crippen MR) is 78.4 cm³/mol. The van der Waals surface area contributed by atoms with Gasteiger partial charge in [-0.25, -0.2) is 9.97 Å². The van der Waals surface area contributed by atoms with Gasteiger partial charge in [-0.1, -0.05) is 0 Å². The van der Waals surface area contributed by atoms with E-state index < -0.39 is 0 Å². The average molecular weight is 264 g/mol. The summed E-state index contributed by atoms with van der Waals surface area (Å²) in [5, 5.41) is 5.57. The number of hydrogen-bond donors (Lipinski definition) is 1. The Morgan fingerprint density at radius 3 is 2.72 bits per heavy atom. The first-order valence-electron chi connectivity index (χ1n) is 6.02. The molecule has 5 heteroatoms. The second-order valence-corrected chi connectivity index (χ2v) is 6.26. The molecule has 0 saturated heterocycles. The van der Waals surface area contributed by atoms with E-state index in [1.807, 2.05) is 0 Å². The molecule has 0 amide bonds. The number of hydrogen-bond acceptors (Lipinski definition) is 5. The van der Waals surface area contributed by atoms with Crippen LogP contribution >= 0.6 is 11.3 Å². The summed E-state index contributed by atoms with van der Waals surface area (Å²) in [6, 6.07) is 0. The lowest BCUT2D eigenvalue weighted by atomic mass is 10.0. The van der Waals surface area contributed by atoms with Crippen LogP contribution in [0.4, 0.5) is 5.82 Å². The van der Waals surface area contributed by atoms with E-state index in [9.17, 15) is 0 Å². The minimum atomic E-state index is 0.0869. The molecule has 0 bridgehead atoms. The van der Waals surface area contributed by atoms with Crippen molar-refractivity contribution in [3.63, 3.8) is 0 Å². The Kier molecular flexibility index (Phi) is 3.54. The fourth-order valence-corrected chi connectivity index (χ4v) is 2.52. The van der Waals surface area contributed by atoms with Crippen molar-refractivity contribution in [2.45, 2.75) is 26.3 Å². The summed E-state index contributed by atoms with van der Waals surface area (Å²) in [6.07, 6.45) is 1.63. The lowest BCUT2D eigenvalue weighted by Gasteiger charge is -2.32. The molecule has 0 aliphatic rings. The van der Waals surface area contributed by atoms with Crippen LogP contribution in [0.25, 0.3) is 10.2 Å². The maximum absolute atomic E-state index is 4.35. The zero-order valence-electron chi connectivity index (χ0n) is 11.6. The van der Waals surface area contributed by atoms with E-state index in [2.05, 4.69) is 60.4 Å². The molecule has 0 aliphatic heterocycles. The number of likely N-dealkylation sites (N-methyl/N-ethyl adjacent to an activating group) is 1. The summed E-state index contributed by atoms with van der Waals surface area (Å²) in [6.45, 7) is 7.35. The highest BCUT2D eigenvalue weighted by molar-refractivity contribution is 7.18. The number of nitrogens with one attached hydrogen (secondary N) is 1. The molecule has 2 rings (SSSR count). The number of anilines is 1. The van der Waals surface area contributed by atoms with Gasteiger partial charge in [0.15, 0.2) is 0 Å². The number of fused-ring (bicyclic) bond motifs is 1. The highest BCUT2D eigenvalue weighted by atomic mass is 32.1. The molecule has 1 N–H and O–H groups in total. The Morgan fingerprint density at radius 1 is 1.33 bits per heavy atom. The minimum Gasteiger partial charge on any atom is -0.367 e. The maximum atomic E-state index is 4.35. The molecular formula is C13H20N4S. The second-order valence-electron chi connectivity index (χ2n) is 5.38. The first kappa shape index (κ1) is 13.2. The van der Waals surface area contributed by atoms with E-state index in [1.54, 1.807) is 17.7 Å². The molecule has 0 aromatic carbocycles. The summed E-state index contributed by atoms with van der Waals surface area (Å²) in [7, 11) is 4.18. The molecule has 0 unspecified atom stereocenters. The minimum absolute atomic E-state index is 0.0869. The zero-order valence-corrected chi connectivity index (χ0v) is 12.4. The van der Waals surface area contributed by atoms with E-state index in [0.29, 0.717) is 0 Å². The molecule has 4 nitrogen and oxygen atoms in total. The van der Waals surface area contributed by atoms with Gasteiger partial charge in [-0.3, -0.25) is 0 Å². The van der Waals surface area contributed by atoms with Crippen molar-refractivity contribution in [2.75, 3.05) is 26.0 Å². The maximum Gasteiger partial charge on any atom is 0.147 e. The number of aryl methyl sites for hydroxylation is 1. The lowest BCUT2D eigenvalue weighted by Crippen LogP contribution is -2.44. The zero-order chi connectivity index (χ0) is 13.3. The van der Waals surface area contributed by atoms with Gasteiger partial charge in [-0.05, 0) is 45.8 Å². The normalized spacial score (nSPS) is 12.3. The van der Waals surface area contributed by atoms with E-state index in [4.69, 9.17) is 0 Å². The van der Waals surface area contributed by atoms with Crippen LogP contribution in [-0.2, 0) is 0 Å². The van der Waals surface area contributed by atoms with Crippen molar-refractivity contribution < 1.29 is 0 Å². The molecule has 2 aromatic heterocycles. The average Bonchev–Trinajstić information content (AvgIpc) is 2.69. The molecule has 98 valence electrons. The number of rotatable bonds is 4. The van der Waals surface area contributed by atoms with Crippen molar-refractivity contribution in [3.05, 3.63) is 17.3 Å². The highest BCUT2D eigenvalue weighted by Crippen LogP contribution is 2.28. The van der Waals surface area contributed by atoms with Crippen molar-refractivity contribution in [1.82, 2.24) is 14.9 Å². The van der Waals surface area contributed by atoms with Crippen LogP contribution in [0.2, 0.25) is 0 Å². The first-order valence-corrected chi connectivity index (χ1v) is 6.90. The van der Waals surface area contributed by atoms with Gasteiger partial charge in [-0.15, -0.1) is 11.3 Å². The van der Waals surface area contributed by atoms with E-state index >= 15 is 0 Å². The van der Waals surface area contributed by atoms with Crippen molar-refractivity contribution in [1.29, 1.82) is 0 Å². The SMILES string of the molecule is Cc1csc2c(NCC(C)(C)N(C)C)ncnc12. The van der Waals surface area contributed by atoms with Crippen molar-refractivity contribution in [2.24, 2.45) is 0 Å². The first-order chi connectivity index (χ1) is 8.42. The molecule has 18 heavy (non-hydrogen) atoms. The summed E-state index contributed by atoms with van der Waals surface area (Å²) in [5.74, 6) is 0.938. The number of aromatic nitrogens is 2. The fourth-order valence-electron chi connectivity index (χ4n) is 1.55. The van der Waals surface area contributed by atoms with Crippen molar-refractivity contribution >= 4 is 27.4 Å². The highest BCUT2D eigenvalue weighted by Gasteiger charge is 2.20. The van der Waals surface area contributed by atoms with Gasteiger partial charge in [0.05, 0.1) is 10.2 Å². The van der Waals surface area contributed by atoms with Crippen LogP contribution in [0.1, 0.15) is 19.4 Å². The Labute approximate surface area is 112 Å². The van der Waals surface area contributed by atoms with Crippen LogP contribution in [0.15, 0.2) is 11.7 Å². The summed E-state index contributed by atoms with van der Waals surface area (Å²) < 4.78 is 1.14. The molecule has 0 spiro atoms. The Hall–Kier alpha value is -1.20. The van der Waals surface area contributed by atoms with Gasteiger partial charge in [0.1, 0.15) is 12.1 Å². The summed E-state index contributed by atoms with van der Waals surface area (Å²) in [4.78, 5) is 10.9. The molecule has 0 radical (unpaired) electrons. The molecule has 0 atom stereocenters. The van der Waals surface area contributed by atoms with Gasteiger partial charge >= 0.3 is 0 Å². The molecule has 2 aromatic rings. The summed E-state index contributed by atoms with van der Waals surface area (Å²) >= 11 is 1.70. The van der Waals surface area contributed by atoms with Crippen LogP contribution in [0.3, 0.4) is 0 Å². The van der Waals surface area contributed by atoms with Gasteiger partial charge < -0.3 is 10.2 Å². The number of thiophene rings is 1. The third kappa shape index (κ3) is 2.47. The Bertz CT molecular complexity index is 545. The van der Waals surface area contributed by atoms with Gasteiger partial charge in [0, 0.05) is 12.1 Å². The number of nitrogens with zero attached hydrogens (tertiary/aromatic N) is 3. The molecule has 2 heterocycles. The Morgan fingerprint density at radius 2 is 2.06 bits per heavy atom. The summed E-state index contributed by atoms with van der Waals surface area (Å²) in [5.41, 5.74) is 2.36. The van der Waals surface area contributed by atoms with E-state index in [1.165, 1.54) is 5.56 Å².